The van der Waals surface area contributed by atoms with Crippen LogP contribution >= 0.6 is 0 Å². The van der Waals surface area contributed by atoms with Crippen molar-refractivity contribution < 1.29 is 35.8 Å². The van der Waals surface area contributed by atoms with E-state index in [1.54, 1.807) is 0 Å². The van der Waals surface area contributed by atoms with Crippen LogP contribution in [0.5, 0.6) is 0 Å². The highest BCUT2D eigenvalue weighted by atomic mass is 19.4. The lowest BCUT2D eigenvalue weighted by atomic mass is 9.85. The van der Waals surface area contributed by atoms with Crippen molar-refractivity contribution in [2.24, 2.45) is 0 Å². The molecule has 0 fully saturated rings. The summed E-state index contributed by atoms with van der Waals surface area (Å²) >= 11 is 0. The minimum absolute atomic E-state index is 0.148. The summed E-state index contributed by atoms with van der Waals surface area (Å²) in [5.74, 6) is 0. The Morgan fingerprint density at radius 2 is 0.548 bits per heavy atom. The summed E-state index contributed by atoms with van der Waals surface area (Å²) in [6.45, 7) is 4.45. The second-order valence-corrected chi connectivity index (χ2v) is 12.8. The molecule has 0 atom stereocenters. The van der Waals surface area contributed by atoms with Gasteiger partial charge in [0, 0.05) is 0 Å². The maximum atomic E-state index is 13.7. The van der Waals surface area contributed by atoms with Gasteiger partial charge >= 0.3 is 12.4 Å². The molecule has 0 aromatic carbocycles. The van der Waals surface area contributed by atoms with Crippen LogP contribution < -0.4 is 0 Å². The third-order valence-corrected chi connectivity index (χ3v) is 8.80. The molecule has 0 aliphatic rings. The second kappa shape index (κ2) is 23.8. The van der Waals surface area contributed by atoms with E-state index in [1.165, 1.54) is 89.9 Å². The lowest BCUT2D eigenvalue weighted by Crippen LogP contribution is -2.53. The number of alkyl halides is 7. The first kappa shape index (κ1) is 41.5. The summed E-state index contributed by atoms with van der Waals surface area (Å²) in [7, 11) is 0. The van der Waals surface area contributed by atoms with E-state index in [0.29, 0.717) is 12.8 Å². The molecule has 0 rings (SSSR count). The van der Waals surface area contributed by atoms with Crippen LogP contribution in [0.3, 0.4) is 0 Å². The molecule has 0 saturated heterocycles. The molecule has 0 spiro atoms. The summed E-state index contributed by atoms with van der Waals surface area (Å²) in [6.07, 6.45) is 13.4. The van der Waals surface area contributed by atoms with E-state index in [-0.39, 0.29) is 6.42 Å². The highest BCUT2D eigenvalue weighted by Crippen LogP contribution is 2.49. The van der Waals surface area contributed by atoms with E-state index in [1.807, 2.05) is 0 Å². The zero-order chi connectivity index (χ0) is 31.8. The molecular weight excluding hydrogens is 557 g/mol. The van der Waals surface area contributed by atoms with Crippen molar-refractivity contribution in [2.75, 3.05) is 0 Å². The Hall–Kier alpha value is -0.530. The molecule has 0 radical (unpaired) electrons. The van der Waals surface area contributed by atoms with E-state index in [9.17, 15) is 35.8 Å². The van der Waals surface area contributed by atoms with Gasteiger partial charge in [-0.15, -0.1) is 0 Å². The second-order valence-electron chi connectivity index (χ2n) is 12.8. The molecule has 0 aromatic rings. The molecule has 0 aromatic heterocycles. The Morgan fingerprint density at radius 1 is 0.333 bits per heavy atom. The molecule has 0 bridgehead atoms. The molecule has 1 nitrogen and oxygen atoms in total. The molecule has 0 aliphatic carbocycles. The fourth-order valence-electron chi connectivity index (χ4n) is 5.88. The zero-order valence-corrected chi connectivity index (χ0v) is 26.9. The molecule has 0 saturated carbocycles. The van der Waals surface area contributed by atoms with Gasteiger partial charge in [0.05, 0.1) is 5.60 Å². The number of rotatable bonds is 29. The Labute approximate surface area is 253 Å². The van der Waals surface area contributed by atoms with Crippen molar-refractivity contribution in [2.45, 2.75) is 217 Å². The molecule has 0 aliphatic heterocycles. The van der Waals surface area contributed by atoms with Crippen LogP contribution in [0.2, 0.25) is 0 Å². The molecule has 0 unspecified atom stereocenters. The average Bonchev–Trinajstić information content (AvgIpc) is 2.91. The zero-order valence-electron chi connectivity index (χ0n) is 26.9. The number of hydrogen-bond acceptors (Lipinski definition) is 1. The van der Waals surface area contributed by atoms with Gasteiger partial charge in [0.25, 0.3) is 5.67 Å². The number of aliphatic hydroxyl groups is 1. The monoisotopic (exact) mass is 620 g/mol. The van der Waals surface area contributed by atoms with Gasteiger partial charge in [0.2, 0.25) is 0 Å². The molecule has 42 heavy (non-hydrogen) atoms. The molecule has 0 heterocycles. The fraction of sp³-hybridized carbons (Fsp3) is 1.00. The van der Waals surface area contributed by atoms with Crippen molar-refractivity contribution in [1.82, 2.24) is 0 Å². The van der Waals surface area contributed by atoms with Crippen LogP contribution in [0.1, 0.15) is 194 Å². The van der Waals surface area contributed by atoms with Gasteiger partial charge in [-0.2, -0.15) is 26.3 Å². The topological polar surface area (TPSA) is 20.2 Å². The van der Waals surface area contributed by atoms with E-state index < -0.39 is 36.5 Å². The first-order valence-electron chi connectivity index (χ1n) is 17.4. The number of halogens is 7. The van der Waals surface area contributed by atoms with Crippen LogP contribution in [0.15, 0.2) is 0 Å². The fourth-order valence-corrected chi connectivity index (χ4v) is 5.88. The summed E-state index contributed by atoms with van der Waals surface area (Å²) in [4.78, 5) is 0. The van der Waals surface area contributed by atoms with Crippen molar-refractivity contribution in [3.05, 3.63) is 0 Å². The van der Waals surface area contributed by atoms with Gasteiger partial charge in [-0.05, 0) is 32.1 Å². The molecular formula is C34H63F7O. The highest BCUT2D eigenvalue weighted by Gasteiger charge is 2.71. The van der Waals surface area contributed by atoms with Crippen LogP contribution in [0, 0.1) is 0 Å². The van der Waals surface area contributed by atoms with E-state index in [4.69, 9.17) is 0 Å². The Bertz CT molecular complexity index is 570. The maximum absolute atomic E-state index is 13.7. The standard InChI is InChI=1S/C34H63F7O/c1-3-5-7-9-11-15-19-23-27-31(42,28-24-20-16-12-10-8-6-4-2)29-25-21-17-13-14-18-22-26-30-32(35,33(36,37)38)34(39,40)41/h42H,3-30H2,1-2H3. The SMILES string of the molecule is CCCCCCCCCCC(O)(CCCCCCCCCC)CCCCCCCCCCC(F)(C(F)(F)F)C(F)(F)F. The summed E-state index contributed by atoms with van der Waals surface area (Å²) in [6, 6.07) is 0. The Kier molecular flexibility index (Phi) is 23.5. The lowest BCUT2D eigenvalue weighted by Gasteiger charge is -2.29. The van der Waals surface area contributed by atoms with Crippen molar-refractivity contribution in [3.8, 4) is 0 Å². The first-order valence-corrected chi connectivity index (χ1v) is 17.4. The van der Waals surface area contributed by atoms with Crippen LogP contribution in [-0.4, -0.2) is 28.7 Å². The van der Waals surface area contributed by atoms with Gasteiger partial charge < -0.3 is 5.11 Å². The predicted octanol–water partition coefficient (Wildman–Crippen LogP) is 13.5. The molecule has 254 valence electrons. The largest absolute Gasteiger partial charge is 0.431 e. The Balaban J connectivity index is 4.28. The summed E-state index contributed by atoms with van der Waals surface area (Å²) in [5.41, 5.74) is -5.74. The van der Waals surface area contributed by atoms with E-state index in [0.717, 1.165) is 57.8 Å². The normalized spacial score (nSPS) is 13.3. The van der Waals surface area contributed by atoms with Crippen LogP contribution in [-0.2, 0) is 0 Å². The minimum atomic E-state index is -5.95. The number of unbranched alkanes of at least 4 members (excludes halogenated alkanes) is 21. The predicted molar refractivity (Wildman–Crippen MR) is 162 cm³/mol. The van der Waals surface area contributed by atoms with E-state index in [2.05, 4.69) is 13.8 Å². The van der Waals surface area contributed by atoms with Gasteiger partial charge in [0.1, 0.15) is 0 Å². The molecule has 8 heteroatoms. The van der Waals surface area contributed by atoms with Gasteiger partial charge in [0.15, 0.2) is 0 Å². The Morgan fingerprint density at radius 3 is 0.786 bits per heavy atom. The minimum Gasteiger partial charge on any atom is -0.390 e. The average molecular weight is 621 g/mol. The van der Waals surface area contributed by atoms with Gasteiger partial charge in [-0.1, -0.05) is 162 Å². The first-order chi connectivity index (χ1) is 19.8. The third-order valence-electron chi connectivity index (χ3n) is 8.80. The van der Waals surface area contributed by atoms with Crippen molar-refractivity contribution in [3.63, 3.8) is 0 Å². The number of hydrogen-bond donors (Lipinski definition) is 1. The quantitative estimate of drug-likeness (QED) is 0.0651. The van der Waals surface area contributed by atoms with E-state index >= 15 is 0 Å². The van der Waals surface area contributed by atoms with Crippen molar-refractivity contribution >= 4 is 0 Å². The molecule has 1 N–H and O–H groups in total. The third kappa shape index (κ3) is 19.7. The lowest BCUT2D eigenvalue weighted by molar-refractivity contribution is -0.343. The van der Waals surface area contributed by atoms with Crippen LogP contribution in [0.25, 0.3) is 0 Å². The maximum Gasteiger partial charge on any atom is 0.431 e. The smallest absolute Gasteiger partial charge is 0.390 e. The molecule has 0 amide bonds. The summed E-state index contributed by atoms with van der Waals surface area (Å²) < 4.78 is 89.5. The van der Waals surface area contributed by atoms with Gasteiger partial charge in [-0.25, -0.2) is 4.39 Å². The summed E-state index contributed by atoms with van der Waals surface area (Å²) in [5, 5.41) is 11.4. The highest BCUT2D eigenvalue weighted by molar-refractivity contribution is 4.94. The van der Waals surface area contributed by atoms with Gasteiger partial charge in [-0.3, -0.25) is 0 Å². The van der Waals surface area contributed by atoms with Crippen molar-refractivity contribution in [1.29, 1.82) is 0 Å². The van der Waals surface area contributed by atoms with Crippen LogP contribution in [0.4, 0.5) is 30.7 Å².